The lowest BCUT2D eigenvalue weighted by atomic mass is 10.2. The van der Waals surface area contributed by atoms with E-state index in [1.54, 1.807) is 48.2 Å². The molecule has 1 atom stereocenters. The average Bonchev–Trinajstić information content (AvgIpc) is 3.24. The number of benzene rings is 1. The van der Waals surface area contributed by atoms with E-state index in [-0.39, 0.29) is 23.5 Å². The molecule has 0 saturated carbocycles. The minimum absolute atomic E-state index is 0.149. The predicted molar refractivity (Wildman–Crippen MR) is 92.4 cm³/mol. The molecule has 0 fully saturated rings. The van der Waals surface area contributed by atoms with Gasteiger partial charge in [-0.15, -0.1) is 10.2 Å². The van der Waals surface area contributed by atoms with Crippen LogP contribution in [-0.2, 0) is 11.8 Å². The minimum atomic E-state index is -0.362. The third kappa shape index (κ3) is 3.90. The molecule has 1 N–H and O–H groups in total. The van der Waals surface area contributed by atoms with E-state index in [0.717, 1.165) is 0 Å². The van der Waals surface area contributed by atoms with E-state index in [0.29, 0.717) is 22.3 Å². The van der Waals surface area contributed by atoms with Gasteiger partial charge >= 0.3 is 0 Å². The monoisotopic (exact) mass is 360 g/mol. The first-order chi connectivity index (χ1) is 12.1. The number of rotatable bonds is 6. The van der Waals surface area contributed by atoms with Crippen LogP contribution in [0.2, 0.25) is 0 Å². The zero-order valence-corrected chi connectivity index (χ0v) is 14.6. The highest BCUT2D eigenvalue weighted by atomic mass is 32.2. The molecule has 25 heavy (non-hydrogen) atoms. The number of carbonyl (C=O) groups excluding carboxylic acids is 1. The van der Waals surface area contributed by atoms with Crippen molar-refractivity contribution in [3.8, 4) is 11.4 Å². The summed E-state index contributed by atoms with van der Waals surface area (Å²) in [7, 11) is 1.74. The van der Waals surface area contributed by atoms with Gasteiger partial charge in [0.1, 0.15) is 11.6 Å². The molecular formula is C17H17FN4O2S. The van der Waals surface area contributed by atoms with Gasteiger partial charge in [-0.25, -0.2) is 4.39 Å². The van der Waals surface area contributed by atoms with Crippen molar-refractivity contribution in [1.29, 1.82) is 0 Å². The molecule has 3 rings (SSSR count). The molecule has 6 nitrogen and oxygen atoms in total. The fourth-order valence-electron chi connectivity index (χ4n) is 2.34. The van der Waals surface area contributed by atoms with Crippen molar-refractivity contribution in [2.24, 2.45) is 7.05 Å². The van der Waals surface area contributed by atoms with Crippen LogP contribution in [0.4, 0.5) is 4.39 Å². The Balaban J connectivity index is 1.62. The Morgan fingerprint density at radius 2 is 2.12 bits per heavy atom. The van der Waals surface area contributed by atoms with Gasteiger partial charge in [-0.2, -0.15) is 0 Å². The highest BCUT2D eigenvalue weighted by Gasteiger charge is 2.16. The number of carbonyl (C=O) groups is 1. The molecule has 1 unspecified atom stereocenters. The van der Waals surface area contributed by atoms with Crippen LogP contribution in [0.15, 0.2) is 52.2 Å². The van der Waals surface area contributed by atoms with E-state index in [1.807, 2.05) is 6.92 Å². The second kappa shape index (κ2) is 7.52. The summed E-state index contributed by atoms with van der Waals surface area (Å²) in [6, 6.07) is 9.75. The molecule has 0 aliphatic heterocycles. The molecule has 3 aromatic rings. The Morgan fingerprint density at radius 3 is 2.84 bits per heavy atom. The number of amides is 1. The number of furan rings is 1. The largest absolute Gasteiger partial charge is 0.467 e. The Morgan fingerprint density at radius 1 is 1.32 bits per heavy atom. The van der Waals surface area contributed by atoms with Crippen LogP contribution in [0.5, 0.6) is 0 Å². The molecule has 8 heteroatoms. The molecule has 1 amide bonds. The summed E-state index contributed by atoms with van der Waals surface area (Å²) >= 11 is 1.24. The smallest absolute Gasteiger partial charge is 0.231 e. The molecule has 1 aromatic carbocycles. The zero-order valence-electron chi connectivity index (χ0n) is 13.8. The summed E-state index contributed by atoms with van der Waals surface area (Å²) in [5, 5.41) is 11.5. The molecule has 130 valence electrons. The lowest BCUT2D eigenvalue weighted by Crippen LogP contribution is -2.28. The number of nitrogens with one attached hydrogen (secondary N) is 1. The quantitative estimate of drug-likeness (QED) is 0.684. The van der Waals surface area contributed by atoms with Gasteiger partial charge in [-0.3, -0.25) is 4.79 Å². The first-order valence-corrected chi connectivity index (χ1v) is 8.64. The van der Waals surface area contributed by atoms with Gasteiger partial charge in [0, 0.05) is 7.05 Å². The van der Waals surface area contributed by atoms with Crippen molar-refractivity contribution < 1.29 is 13.6 Å². The Kier molecular flexibility index (Phi) is 5.18. The van der Waals surface area contributed by atoms with Crippen molar-refractivity contribution >= 4 is 17.7 Å². The van der Waals surface area contributed by atoms with Crippen LogP contribution >= 0.6 is 11.8 Å². The van der Waals surface area contributed by atoms with E-state index in [9.17, 15) is 9.18 Å². The Bertz CT molecular complexity index is 863. The maximum absolute atomic E-state index is 13.9. The topological polar surface area (TPSA) is 73.0 Å². The number of aromatic nitrogens is 3. The molecule has 0 saturated heterocycles. The van der Waals surface area contributed by atoms with Gasteiger partial charge < -0.3 is 14.3 Å². The van der Waals surface area contributed by atoms with Gasteiger partial charge in [-0.05, 0) is 31.2 Å². The summed E-state index contributed by atoms with van der Waals surface area (Å²) in [5.41, 5.74) is 0.375. The van der Waals surface area contributed by atoms with Gasteiger partial charge in [0.2, 0.25) is 5.91 Å². The van der Waals surface area contributed by atoms with E-state index < -0.39 is 0 Å². The van der Waals surface area contributed by atoms with Crippen molar-refractivity contribution in [2.45, 2.75) is 18.1 Å². The fourth-order valence-corrected chi connectivity index (χ4v) is 3.06. The standard InChI is InChI=1S/C17H17FN4O2S/c1-11(14-8-5-9-24-14)19-15(23)10-25-17-21-20-16(22(17)2)12-6-3-4-7-13(12)18/h3-9,11H,10H2,1-2H3,(H,19,23). The minimum Gasteiger partial charge on any atom is -0.467 e. The average molecular weight is 360 g/mol. The Hall–Kier alpha value is -2.61. The van der Waals surface area contributed by atoms with Crippen LogP contribution in [0.25, 0.3) is 11.4 Å². The lowest BCUT2D eigenvalue weighted by molar-refractivity contribution is -0.119. The third-order valence-electron chi connectivity index (χ3n) is 3.63. The molecule has 2 heterocycles. The number of hydrogen-bond donors (Lipinski definition) is 1. The maximum atomic E-state index is 13.9. The van der Waals surface area contributed by atoms with Gasteiger partial charge in [-0.1, -0.05) is 23.9 Å². The normalized spacial score (nSPS) is 12.1. The van der Waals surface area contributed by atoms with E-state index in [4.69, 9.17) is 4.42 Å². The number of nitrogens with zero attached hydrogens (tertiary/aromatic N) is 3. The fraction of sp³-hybridized carbons (Fsp3) is 0.235. The van der Waals surface area contributed by atoms with Gasteiger partial charge in [0.05, 0.1) is 23.6 Å². The summed E-state index contributed by atoms with van der Waals surface area (Å²) in [6.07, 6.45) is 1.57. The Labute approximate surface area is 148 Å². The number of hydrogen-bond acceptors (Lipinski definition) is 5. The first kappa shape index (κ1) is 17.2. The van der Waals surface area contributed by atoms with Crippen LogP contribution < -0.4 is 5.32 Å². The van der Waals surface area contributed by atoms with E-state index >= 15 is 0 Å². The van der Waals surface area contributed by atoms with Crippen LogP contribution in [-0.4, -0.2) is 26.4 Å². The maximum Gasteiger partial charge on any atom is 0.231 e. The first-order valence-electron chi connectivity index (χ1n) is 7.66. The third-order valence-corrected chi connectivity index (χ3v) is 4.65. The summed E-state index contributed by atoms with van der Waals surface area (Å²) in [4.78, 5) is 12.1. The molecule has 0 aliphatic carbocycles. The number of thioether (sulfide) groups is 1. The molecule has 0 aliphatic rings. The second-order valence-electron chi connectivity index (χ2n) is 5.44. The second-order valence-corrected chi connectivity index (χ2v) is 6.38. The zero-order chi connectivity index (χ0) is 17.8. The highest BCUT2D eigenvalue weighted by Crippen LogP contribution is 2.24. The highest BCUT2D eigenvalue weighted by molar-refractivity contribution is 7.99. The summed E-state index contributed by atoms with van der Waals surface area (Å²) in [5.74, 6) is 0.779. The van der Waals surface area contributed by atoms with Crippen molar-refractivity contribution in [3.63, 3.8) is 0 Å². The van der Waals surface area contributed by atoms with Crippen molar-refractivity contribution in [2.75, 3.05) is 5.75 Å². The van der Waals surface area contributed by atoms with E-state index in [1.165, 1.54) is 17.8 Å². The number of halogens is 1. The van der Waals surface area contributed by atoms with Crippen LogP contribution in [0.1, 0.15) is 18.7 Å². The summed E-state index contributed by atoms with van der Waals surface area (Å²) in [6.45, 7) is 1.85. The van der Waals surface area contributed by atoms with E-state index in [2.05, 4.69) is 15.5 Å². The van der Waals surface area contributed by atoms with Gasteiger partial charge in [0.25, 0.3) is 0 Å². The SMILES string of the molecule is CC(NC(=O)CSc1nnc(-c2ccccc2F)n1C)c1ccco1. The molecule has 2 aromatic heterocycles. The predicted octanol–water partition coefficient (Wildman–Crippen LogP) is 3.18. The van der Waals surface area contributed by atoms with Crippen molar-refractivity contribution in [3.05, 3.63) is 54.2 Å². The van der Waals surface area contributed by atoms with Crippen LogP contribution in [0, 0.1) is 5.82 Å². The lowest BCUT2D eigenvalue weighted by Gasteiger charge is -2.11. The molecule has 0 spiro atoms. The molecule has 0 bridgehead atoms. The summed E-state index contributed by atoms with van der Waals surface area (Å²) < 4.78 is 20.8. The molecule has 0 radical (unpaired) electrons. The molecular weight excluding hydrogens is 343 g/mol. The van der Waals surface area contributed by atoms with Crippen LogP contribution in [0.3, 0.4) is 0 Å². The van der Waals surface area contributed by atoms with Crippen molar-refractivity contribution in [1.82, 2.24) is 20.1 Å². The van der Waals surface area contributed by atoms with Gasteiger partial charge in [0.15, 0.2) is 11.0 Å².